The zero-order valence-corrected chi connectivity index (χ0v) is 11.0. The van der Waals surface area contributed by atoms with E-state index in [1.165, 1.54) is 42.3 Å². The number of nitrogens with one attached hydrogen (secondary N) is 1. The topological polar surface area (TPSA) is 20.7 Å². The lowest BCUT2D eigenvalue weighted by molar-refractivity contribution is 0.283. The highest BCUT2D eigenvalue weighted by atomic mass is 32.1. The maximum Gasteiger partial charge on any atom is 0.178 e. The number of H-pyrrole nitrogens is 1. The van der Waals surface area contributed by atoms with Crippen molar-refractivity contribution in [3.8, 4) is 0 Å². The lowest BCUT2D eigenvalue weighted by atomic mass is 9.83. The standard InChI is InChI=1S/C14H18N2S/c1-10-5-6-13-12(9-10)15-14(17)16(13)8-7-11-3-2-4-11/h5-6,9,11H,2-4,7-8H2,1H3,(H,15,17). The fourth-order valence-corrected chi connectivity index (χ4v) is 2.89. The van der Waals surface area contributed by atoms with Crippen LogP contribution in [0.1, 0.15) is 31.2 Å². The van der Waals surface area contributed by atoms with Gasteiger partial charge in [-0.2, -0.15) is 0 Å². The van der Waals surface area contributed by atoms with Crippen molar-refractivity contribution in [1.82, 2.24) is 9.55 Å². The zero-order valence-electron chi connectivity index (χ0n) is 10.2. The van der Waals surface area contributed by atoms with Crippen molar-refractivity contribution in [2.45, 2.75) is 39.2 Å². The van der Waals surface area contributed by atoms with Gasteiger partial charge in [0, 0.05) is 6.54 Å². The molecule has 0 spiro atoms. The van der Waals surface area contributed by atoms with Crippen LogP contribution in [0.4, 0.5) is 0 Å². The summed E-state index contributed by atoms with van der Waals surface area (Å²) in [6.07, 6.45) is 5.52. The molecule has 90 valence electrons. The van der Waals surface area contributed by atoms with Crippen LogP contribution in [-0.4, -0.2) is 9.55 Å². The van der Waals surface area contributed by atoms with Crippen LogP contribution in [0.3, 0.4) is 0 Å². The van der Waals surface area contributed by atoms with Gasteiger partial charge in [0.15, 0.2) is 4.77 Å². The molecular formula is C14H18N2S. The van der Waals surface area contributed by atoms with E-state index in [2.05, 4.69) is 34.7 Å². The van der Waals surface area contributed by atoms with E-state index >= 15 is 0 Å². The van der Waals surface area contributed by atoms with Gasteiger partial charge < -0.3 is 9.55 Å². The molecule has 2 nitrogen and oxygen atoms in total. The number of hydrogen-bond acceptors (Lipinski definition) is 1. The molecule has 0 amide bonds. The van der Waals surface area contributed by atoms with Gasteiger partial charge in [-0.1, -0.05) is 25.3 Å². The van der Waals surface area contributed by atoms with Crippen LogP contribution in [0, 0.1) is 17.6 Å². The summed E-state index contributed by atoms with van der Waals surface area (Å²) in [7, 11) is 0. The summed E-state index contributed by atoms with van der Waals surface area (Å²) in [5, 5.41) is 0. The van der Waals surface area contributed by atoms with Crippen molar-refractivity contribution >= 4 is 23.3 Å². The van der Waals surface area contributed by atoms with Gasteiger partial charge in [-0.05, 0) is 49.2 Å². The SMILES string of the molecule is Cc1ccc2c(c1)[nH]c(=S)n2CCC1CCC1. The van der Waals surface area contributed by atoms with Gasteiger partial charge in [0.2, 0.25) is 0 Å². The highest BCUT2D eigenvalue weighted by molar-refractivity contribution is 7.71. The number of benzene rings is 1. The lowest BCUT2D eigenvalue weighted by Gasteiger charge is -2.25. The summed E-state index contributed by atoms with van der Waals surface area (Å²) in [4.78, 5) is 3.31. The first-order valence-electron chi connectivity index (χ1n) is 6.43. The van der Waals surface area contributed by atoms with Gasteiger partial charge >= 0.3 is 0 Å². The molecule has 1 aromatic carbocycles. The first-order valence-corrected chi connectivity index (χ1v) is 6.84. The van der Waals surface area contributed by atoms with E-state index in [1.807, 2.05) is 0 Å². The number of aromatic nitrogens is 2. The largest absolute Gasteiger partial charge is 0.331 e. The van der Waals surface area contributed by atoms with E-state index in [9.17, 15) is 0 Å². The predicted octanol–water partition coefficient (Wildman–Crippen LogP) is 4.20. The molecule has 0 aliphatic heterocycles. The number of rotatable bonds is 3. The molecule has 0 unspecified atom stereocenters. The Morgan fingerprint density at radius 3 is 2.94 bits per heavy atom. The smallest absolute Gasteiger partial charge is 0.178 e. The zero-order chi connectivity index (χ0) is 11.8. The highest BCUT2D eigenvalue weighted by Gasteiger charge is 2.17. The summed E-state index contributed by atoms with van der Waals surface area (Å²) >= 11 is 5.41. The molecule has 1 aromatic heterocycles. The van der Waals surface area contributed by atoms with Crippen molar-refractivity contribution in [3.63, 3.8) is 0 Å². The Hall–Kier alpha value is -1.09. The normalized spacial score (nSPS) is 16.3. The number of aromatic amines is 1. The molecule has 3 heteroatoms. The minimum Gasteiger partial charge on any atom is -0.331 e. The molecule has 0 atom stereocenters. The van der Waals surface area contributed by atoms with Crippen LogP contribution in [0.25, 0.3) is 11.0 Å². The number of imidazole rings is 1. The second-order valence-electron chi connectivity index (χ2n) is 5.19. The Balaban J connectivity index is 1.91. The predicted molar refractivity (Wildman–Crippen MR) is 73.8 cm³/mol. The average Bonchev–Trinajstić information content (AvgIpc) is 2.52. The van der Waals surface area contributed by atoms with E-state index in [4.69, 9.17) is 12.2 Å². The maximum atomic E-state index is 5.41. The van der Waals surface area contributed by atoms with Crippen LogP contribution in [-0.2, 0) is 6.54 Å². The number of fused-ring (bicyclic) bond motifs is 1. The van der Waals surface area contributed by atoms with Crippen LogP contribution in [0.5, 0.6) is 0 Å². The lowest BCUT2D eigenvalue weighted by Crippen LogP contribution is -2.13. The van der Waals surface area contributed by atoms with Crippen molar-refractivity contribution in [2.24, 2.45) is 5.92 Å². The van der Waals surface area contributed by atoms with Crippen LogP contribution in [0.2, 0.25) is 0 Å². The Bertz CT molecular complexity index is 590. The van der Waals surface area contributed by atoms with Crippen LogP contribution >= 0.6 is 12.2 Å². The van der Waals surface area contributed by atoms with E-state index in [1.54, 1.807) is 0 Å². The summed E-state index contributed by atoms with van der Waals surface area (Å²) < 4.78 is 3.12. The monoisotopic (exact) mass is 246 g/mol. The van der Waals surface area contributed by atoms with Crippen LogP contribution < -0.4 is 0 Å². The van der Waals surface area contributed by atoms with Crippen molar-refractivity contribution in [1.29, 1.82) is 0 Å². The van der Waals surface area contributed by atoms with E-state index in [0.29, 0.717) is 0 Å². The van der Waals surface area contributed by atoms with Crippen molar-refractivity contribution < 1.29 is 0 Å². The second kappa shape index (κ2) is 4.30. The Kier molecular flexibility index (Phi) is 2.79. The molecule has 0 saturated heterocycles. The molecular weight excluding hydrogens is 228 g/mol. The van der Waals surface area contributed by atoms with Gasteiger partial charge in [-0.25, -0.2) is 0 Å². The molecule has 2 aromatic rings. The minimum atomic E-state index is 0.866. The summed E-state index contributed by atoms with van der Waals surface area (Å²) in [5.41, 5.74) is 3.70. The summed E-state index contributed by atoms with van der Waals surface area (Å²) in [6.45, 7) is 3.18. The Morgan fingerprint density at radius 2 is 2.24 bits per heavy atom. The Morgan fingerprint density at radius 1 is 1.41 bits per heavy atom. The first-order chi connectivity index (χ1) is 8.24. The second-order valence-corrected chi connectivity index (χ2v) is 5.57. The quantitative estimate of drug-likeness (QED) is 0.805. The third kappa shape index (κ3) is 2.04. The van der Waals surface area contributed by atoms with E-state index < -0.39 is 0 Å². The molecule has 1 N–H and O–H groups in total. The molecule has 1 fully saturated rings. The van der Waals surface area contributed by atoms with Gasteiger partial charge in [0.25, 0.3) is 0 Å². The third-order valence-electron chi connectivity index (χ3n) is 3.92. The van der Waals surface area contributed by atoms with Gasteiger partial charge in [-0.15, -0.1) is 0 Å². The number of aryl methyl sites for hydroxylation is 2. The average molecular weight is 246 g/mol. The minimum absolute atomic E-state index is 0.866. The molecule has 0 bridgehead atoms. The molecule has 1 aliphatic rings. The number of nitrogens with zero attached hydrogens (tertiary/aromatic N) is 1. The molecule has 0 radical (unpaired) electrons. The first kappa shape index (κ1) is 11.0. The third-order valence-corrected chi connectivity index (χ3v) is 4.24. The molecule has 1 saturated carbocycles. The van der Waals surface area contributed by atoms with Gasteiger partial charge in [-0.3, -0.25) is 0 Å². The molecule has 3 rings (SSSR count). The molecule has 1 aliphatic carbocycles. The van der Waals surface area contributed by atoms with E-state index in [-0.39, 0.29) is 0 Å². The van der Waals surface area contributed by atoms with Gasteiger partial charge in [0.05, 0.1) is 11.0 Å². The molecule has 17 heavy (non-hydrogen) atoms. The number of hydrogen-bond donors (Lipinski definition) is 1. The fraction of sp³-hybridized carbons (Fsp3) is 0.500. The van der Waals surface area contributed by atoms with E-state index in [0.717, 1.165) is 17.2 Å². The fourth-order valence-electron chi connectivity index (χ4n) is 2.59. The summed E-state index contributed by atoms with van der Waals surface area (Å²) in [5.74, 6) is 0.937. The highest BCUT2D eigenvalue weighted by Crippen LogP contribution is 2.30. The summed E-state index contributed by atoms with van der Waals surface area (Å²) in [6, 6.07) is 6.51. The van der Waals surface area contributed by atoms with Crippen LogP contribution in [0.15, 0.2) is 18.2 Å². The maximum absolute atomic E-state index is 5.41. The molecule has 1 heterocycles. The van der Waals surface area contributed by atoms with Gasteiger partial charge in [0.1, 0.15) is 0 Å². The Labute approximate surface area is 107 Å². The van der Waals surface area contributed by atoms with Crippen molar-refractivity contribution in [3.05, 3.63) is 28.5 Å². The van der Waals surface area contributed by atoms with Crippen molar-refractivity contribution in [2.75, 3.05) is 0 Å².